The van der Waals surface area contributed by atoms with Gasteiger partial charge >= 0.3 is 0 Å². The van der Waals surface area contributed by atoms with Crippen LogP contribution >= 0.6 is 0 Å². The van der Waals surface area contributed by atoms with Gasteiger partial charge in [-0.05, 0) is 18.4 Å². The van der Waals surface area contributed by atoms with Crippen molar-refractivity contribution in [3.8, 4) is 0 Å². The fraction of sp³-hybridized carbons (Fsp3) is 1.00. The first-order valence-corrected chi connectivity index (χ1v) is 5.25. The summed E-state index contributed by atoms with van der Waals surface area (Å²) >= 11 is 0. The summed E-state index contributed by atoms with van der Waals surface area (Å²) in [5.74, 6) is 0. The molecule has 14 heavy (non-hydrogen) atoms. The van der Waals surface area contributed by atoms with Gasteiger partial charge in [0.1, 0.15) is 0 Å². The summed E-state index contributed by atoms with van der Waals surface area (Å²) in [6.45, 7) is 10.1. The Morgan fingerprint density at radius 2 is 1.50 bits per heavy atom. The third kappa shape index (κ3) is 6.35. The van der Waals surface area contributed by atoms with E-state index in [1.54, 1.807) is 0 Å². The lowest BCUT2D eigenvalue weighted by Crippen LogP contribution is -2.38. The lowest BCUT2D eigenvalue weighted by atomic mass is 9.91. The summed E-state index contributed by atoms with van der Waals surface area (Å²) in [4.78, 5) is 0. The predicted octanol–water partition coefficient (Wildman–Crippen LogP) is 1.00. The molecule has 0 aliphatic carbocycles. The average molecular weight is 203 g/mol. The van der Waals surface area contributed by atoms with Gasteiger partial charge < -0.3 is 15.5 Å². The van der Waals surface area contributed by atoms with E-state index in [0.29, 0.717) is 12.0 Å². The fourth-order valence-electron chi connectivity index (χ4n) is 1.02. The molecule has 0 aliphatic heterocycles. The summed E-state index contributed by atoms with van der Waals surface area (Å²) in [5, 5.41) is 21.4. The summed E-state index contributed by atoms with van der Waals surface area (Å²) in [6.07, 6.45) is 1.10. The van der Waals surface area contributed by atoms with Crippen LogP contribution in [0, 0.1) is 10.8 Å². The van der Waals surface area contributed by atoms with Gasteiger partial charge in [0.2, 0.25) is 0 Å². The Morgan fingerprint density at radius 3 is 1.86 bits per heavy atom. The van der Waals surface area contributed by atoms with E-state index in [2.05, 4.69) is 26.1 Å². The smallest absolute Gasteiger partial charge is 0.0518 e. The molecule has 0 saturated carbocycles. The Bertz CT molecular complexity index is 148. The van der Waals surface area contributed by atoms with Crippen LogP contribution in [0.15, 0.2) is 0 Å². The number of nitrogens with one attached hydrogen (secondary N) is 1. The minimum atomic E-state index is -0.391. The molecule has 0 aromatic carbocycles. The molecule has 0 heterocycles. The summed E-state index contributed by atoms with van der Waals surface area (Å²) in [5.41, 5.74) is -0.0558. The first-order valence-electron chi connectivity index (χ1n) is 5.25. The summed E-state index contributed by atoms with van der Waals surface area (Å²) < 4.78 is 0. The quantitative estimate of drug-likeness (QED) is 0.565. The average Bonchev–Trinajstić information content (AvgIpc) is 2.11. The SMILES string of the molecule is CC(C)(C)CCNCC(C)(CO)CO. The molecule has 0 radical (unpaired) electrons. The molecule has 3 N–H and O–H groups in total. The zero-order chi connectivity index (χ0) is 11.2. The predicted molar refractivity (Wildman–Crippen MR) is 59.2 cm³/mol. The van der Waals surface area contributed by atoms with Crippen LogP contribution in [0.2, 0.25) is 0 Å². The molecule has 0 aromatic rings. The highest BCUT2D eigenvalue weighted by Gasteiger charge is 2.21. The van der Waals surface area contributed by atoms with Gasteiger partial charge in [0.05, 0.1) is 13.2 Å². The second-order valence-corrected chi connectivity index (χ2v) is 5.61. The number of hydrogen-bond acceptors (Lipinski definition) is 3. The van der Waals surface area contributed by atoms with Gasteiger partial charge in [0, 0.05) is 12.0 Å². The third-order valence-corrected chi connectivity index (χ3v) is 2.37. The van der Waals surface area contributed by atoms with Gasteiger partial charge in [-0.3, -0.25) is 0 Å². The first kappa shape index (κ1) is 13.9. The zero-order valence-corrected chi connectivity index (χ0v) is 9.93. The second kappa shape index (κ2) is 5.69. The number of rotatable bonds is 6. The standard InChI is InChI=1S/C11H25NO2/c1-10(2,3)5-6-12-7-11(4,8-13)9-14/h12-14H,5-9H2,1-4H3. The van der Waals surface area contributed by atoms with Crippen molar-refractivity contribution in [3.05, 3.63) is 0 Å². The maximum absolute atomic E-state index is 9.04. The molecule has 0 amide bonds. The van der Waals surface area contributed by atoms with Gasteiger partial charge in [-0.15, -0.1) is 0 Å². The number of hydrogen-bond donors (Lipinski definition) is 3. The van der Waals surface area contributed by atoms with E-state index >= 15 is 0 Å². The van der Waals surface area contributed by atoms with Crippen LogP contribution in [0.5, 0.6) is 0 Å². The first-order chi connectivity index (χ1) is 6.33. The molecule has 0 aliphatic rings. The molecule has 0 bridgehead atoms. The van der Waals surface area contributed by atoms with Crippen LogP contribution in [0.3, 0.4) is 0 Å². The van der Waals surface area contributed by atoms with Crippen molar-refractivity contribution in [2.45, 2.75) is 34.1 Å². The van der Waals surface area contributed by atoms with Crippen LogP contribution in [0.25, 0.3) is 0 Å². The normalized spacial score (nSPS) is 13.3. The topological polar surface area (TPSA) is 52.5 Å². The molecular formula is C11H25NO2. The van der Waals surface area contributed by atoms with Gasteiger partial charge in [0.25, 0.3) is 0 Å². The molecular weight excluding hydrogens is 178 g/mol. The molecule has 0 rings (SSSR count). The van der Waals surface area contributed by atoms with Gasteiger partial charge in [-0.2, -0.15) is 0 Å². The Hall–Kier alpha value is -0.120. The largest absolute Gasteiger partial charge is 0.396 e. The molecule has 0 fully saturated rings. The van der Waals surface area contributed by atoms with E-state index in [1.165, 1.54) is 0 Å². The molecule has 86 valence electrons. The Morgan fingerprint density at radius 1 is 1.00 bits per heavy atom. The molecule has 3 nitrogen and oxygen atoms in total. The molecule has 0 unspecified atom stereocenters. The van der Waals surface area contributed by atoms with Crippen molar-refractivity contribution in [2.75, 3.05) is 26.3 Å². The van der Waals surface area contributed by atoms with Crippen LogP contribution in [0.4, 0.5) is 0 Å². The van der Waals surface area contributed by atoms with Gasteiger partial charge in [0.15, 0.2) is 0 Å². The molecule has 0 atom stereocenters. The van der Waals surface area contributed by atoms with Crippen molar-refractivity contribution in [2.24, 2.45) is 10.8 Å². The fourth-order valence-corrected chi connectivity index (χ4v) is 1.02. The van der Waals surface area contributed by atoms with E-state index in [1.807, 2.05) is 6.92 Å². The highest BCUT2D eigenvalue weighted by atomic mass is 16.3. The zero-order valence-electron chi connectivity index (χ0n) is 9.93. The van der Waals surface area contributed by atoms with Gasteiger partial charge in [-0.1, -0.05) is 27.7 Å². The van der Waals surface area contributed by atoms with Crippen LogP contribution < -0.4 is 5.32 Å². The molecule has 0 spiro atoms. The van der Waals surface area contributed by atoms with Crippen LogP contribution in [-0.4, -0.2) is 36.5 Å². The Kier molecular flexibility index (Phi) is 5.64. The van der Waals surface area contributed by atoms with Gasteiger partial charge in [-0.25, -0.2) is 0 Å². The molecule has 0 saturated heterocycles. The summed E-state index contributed by atoms with van der Waals surface area (Å²) in [6, 6.07) is 0. The summed E-state index contributed by atoms with van der Waals surface area (Å²) in [7, 11) is 0. The molecule has 0 aromatic heterocycles. The maximum atomic E-state index is 9.04. The van der Waals surface area contributed by atoms with Crippen molar-refractivity contribution < 1.29 is 10.2 Å². The van der Waals surface area contributed by atoms with Crippen molar-refractivity contribution in [3.63, 3.8) is 0 Å². The van der Waals surface area contributed by atoms with E-state index in [4.69, 9.17) is 10.2 Å². The Labute approximate surface area is 87.5 Å². The second-order valence-electron chi connectivity index (χ2n) is 5.61. The minimum Gasteiger partial charge on any atom is -0.396 e. The minimum absolute atomic E-state index is 0.0199. The van der Waals surface area contributed by atoms with E-state index < -0.39 is 5.41 Å². The van der Waals surface area contributed by atoms with E-state index in [-0.39, 0.29) is 13.2 Å². The maximum Gasteiger partial charge on any atom is 0.0518 e. The highest BCUT2D eigenvalue weighted by Crippen LogP contribution is 2.17. The monoisotopic (exact) mass is 203 g/mol. The Balaban J connectivity index is 3.63. The van der Waals surface area contributed by atoms with Crippen LogP contribution in [-0.2, 0) is 0 Å². The van der Waals surface area contributed by atoms with Crippen molar-refractivity contribution >= 4 is 0 Å². The number of aliphatic hydroxyl groups excluding tert-OH is 2. The van der Waals surface area contributed by atoms with Crippen LogP contribution in [0.1, 0.15) is 34.1 Å². The van der Waals surface area contributed by atoms with Crippen molar-refractivity contribution in [1.82, 2.24) is 5.32 Å². The lowest BCUT2D eigenvalue weighted by molar-refractivity contribution is 0.0693. The van der Waals surface area contributed by atoms with E-state index in [9.17, 15) is 0 Å². The highest BCUT2D eigenvalue weighted by molar-refractivity contribution is 4.75. The number of aliphatic hydroxyl groups is 2. The molecule has 3 heteroatoms. The van der Waals surface area contributed by atoms with Crippen molar-refractivity contribution in [1.29, 1.82) is 0 Å². The van der Waals surface area contributed by atoms with E-state index in [0.717, 1.165) is 13.0 Å². The third-order valence-electron chi connectivity index (χ3n) is 2.37. The lowest BCUT2D eigenvalue weighted by Gasteiger charge is -2.26.